The van der Waals surface area contributed by atoms with E-state index >= 15 is 0 Å². The Bertz CT molecular complexity index is 1210. The number of carbonyl (C=O) groups is 1. The highest BCUT2D eigenvalue weighted by molar-refractivity contribution is 7.99. The summed E-state index contributed by atoms with van der Waals surface area (Å²) in [5.74, 6) is 0.676. The molecule has 0 aliphatic rings. The third-order valence-corrected chi connectivity index (χ3v) is 5.76. The van der Waals surface area contributed by atoms with Crippen LogP contribution >= 0.6 is 23.4 Å². The highest BCUT2D eigenvalue weighted by atomic mass is 35.5. The minimum Gasteiger partial charge on any atom is -0.305 e. The first-order chi connectivity index (χ1) is 14.6. The van der Waals surface area contributed by atoms with Gasteiger partial charge in [-0.1, -0.05) is 65.8 Å². The lowest BCUT2D eigenvalue weighted by atomic mass is 10.1. The molecule has 4 rings (SSSR count). The zero-order valence-corrected chi connectivity index (χ0v) is 17.7. The lowest BCUT2D eigenvalue weighted by Gasteiger charge is -2.04. The number of thioether (sulfide) groups is 1. The number of aromatic nitrogens is 3. The van der Waals surface area contributed by atoms with Crippen molar-refractivity contribution in [3.05, 3.63) is 77.3 Å². The molecule has 0 saturated carbocycles. The Morgan fingerprint density at radius 1 is 1.10 bits per heavy atom. The van der Waals surface area contributed by atoms with Crippen LogP contribution in [0.5, 0.6) is 0 Å². The van der Waals surface area contributed by atoms with Gasteiger partial charge in [-0.2, -0.15) is 5.10 Å². The predicted octanol–water partition coefficient (Wildman–Crippen LogP) is 4.53. The molecule has 3 aromatic carbocycles. The van der Waals surface area contributed by atoms with Crippen LogP contribution < -0.4 is 5.43 Å². The van der Waals surface area contributed by atoms with Gasteiger partial charge in [0.05, 0.1) is 12.0 Å². The molecule has 0 bridgehead atoms. The Morgan fingerprint density at radius 2 is 1.87 bits per heavy atom. The summed E-state index contributed by atoms with van der Waals surface area (Å²) in [5, 5.41) is 16.0. The van der Waals surface area contributed by atoms with Gasteiger partial charge in [-0.3, -0.25) is 4.79 Å². The molecule has 150 valence electrons. The summed E-state index contributed by atoms with van der Waals surface area (Å²) in [5.41, 5.74) is 4.42. The quantitative estimate of drug-likeness (QED) is 0.274. The number of hydrazone groups is 1. The van der Waals surface area contributed by atoms with Crippen molar-refractivity contribution in [1.29, 1.82) is 0 Å². The number of nitrogens with zero attached hydrogens (tertiary/aromatic N) is 4. The van der Waals surface area contributed by atoms with E-state index in [9.17, 15) is 4.79 Å². The van der Waals surface area contributed by atoms with Crippen LogP contribution in [0.4, 0.5) is 0 Å². The highest BCUT2D eigenvalue weighted by Crippen LogP contribution is 2.23. The number of halogens is 1. The van der Waals surface area contributed by atoms with Gasteiger partial charge in [0, 0.05) is 23.2 Å². The zero-order chi connectivity index (χ0) is 20.9. The van der Waals surface area contributed by atoms with Gasteiger partial charge in [-0.05, 0) is 35.0 Å². The number of benzene rings is 3. The first kappa shape index (κ1) is 20.1. The summed E-state index contributed by atoms with van der Waals surface area (Å²) in [6.07, 6.45) is 1.66. The smallest absolute Gasteiger partial charge is 0.250 e. The van der Waals surface area contributed by atoms with E-state index in [0.717, 1.165) is 21.9 Å². The molecule has 8 heteroatoms. The minimum atomic E-state index is -0.215. The topological polar surface area (TPSA) is 72.2 Å². The molecule has 1 aromatic heterocycles. The number of hydrogen-bond donors (Lipinski definition) is 1. The zero-order valence-electron chi connectivity index (χ0n) is 16.1. The second kappa shape index (κ2) is 9.11. The molecule has 1 heterocycles. The summed E-state index contributed by atoms with van der Waals surface area (Å²) >= 11 is 7.24. The van der Waals surface area contributed by atoms with Crippen molar-refractivity contribution in [2.45, 2.75) is 5.16 Å². The van der Waals surface area contributed by atoms with Gasteiger partial charge in [0.2, 0.25) is 0 Å². The van der Waals surface area contributed by atoms with Crippen LogP contribution in [-0.2, 0) is 11.8 Å². The molecule has 0 aliphatic heterocycles. The van der Waals surface area contributed by atoms with Gasteiger partial charge in [0.25, 0.3) is 5.91 Å². The van der Waals surface area contributed by atoms with E-state index in [2.05, 4.69) is 20.7 Å². The second-order valence-electron chi connectivity index (χ2n) is 6.52. The van der Waals surface area contributed by atoms with Crippen LogP contribution in [0, 0.1) is 0 Å². The first-order valence-electron chi connectivity index (χ1n) is 9.19. The maximum Gasteiger partial charge on any atom is 0.250 e. The fraction of sp³-hybridized carbons (Fsp3) is 0.0909. The Balaban J connectivity index is 1.36. The number of nitrogens with one attached hydrogen (secondary N) is 1. The second-order valence-corrected chi connectivity index (χ2v) is 7.90. The monoisotopic (exact) mass is 435 g/mol. The van der Waals surface area contributed by atoms with Gasteiger partial charge >= 0.3 is 0 Å². The third kappa shape index (κ3) is 4.53. The molecule has 0 aliphatic carbocycles. The van der Waals surface area contributed by atoms with Crippen molar-refractivity contribution < 1.29 is 4.79 Å². The van der Waals surface area contributed by atoms with Gasteiger partial charge in [0.15, 0.2) is 11.0 Å². The lowest BCUT2D eigenvalue weighted by Crippen LogP contribution is -2.19. The van der Waals surface area contributed by atoms with E-state index in [-0.39, 0.29) is 11.7 Å². The van der Waals surface area contributed by atoms with Crippen LogP contribution in [0.2, 0.25) is 5.02 Å². The predicted molar refractivity (Wildman–Crippen MR) is 122 cm³/mol. The van der Waals surface area contributed by atoms with Crippen LogP contribution in [0.25, 0.3) is 22.2 Å². The molecule has 4 aromatic rings. The van der Waals surface area contributed by atoms with Crippen molar-refractivity contribution in [2.24, 2.45) is 12.1 Å². The number of hydrogen-bond acceptors (Lipinski definition) is 5. The molecular formula is C22H18ClN5OS. The van der Waals surface area contributed by atoms with Crippen LogP contribution in [-0.4, -0.2) is 32.6 Å². The van der Waals surface area contributed by atoms with Crippen molar-refractivity contribution >= 4 is 46.3 Å². The molecule has 0 unspecified atom stereocenters. The number of fused-ring (bicyclic) bond motifs is 1. The Labute approximate surface area is 183 Å². The number of carbonyl (C=O) groups excluding carboxylic acids is 1. The minimum absolute atomic E-state index is 0.180. The average Bonchev–Trinajstić information content (AvgIpc) is 3.13. The standard InChI is InChI=1S/C22H18ClN5OS/c1-28-21(16-9-11-18(23)12-10-16)26-27-22(28)30-14-20(29)25-24-13-17-7-4-6-15-5-2-3-8-19(15)17/h2-13H,14H2,1H3,(H,25,29). The van der Waals surface area contributed by atoms with Gasteiger partial charge < -0.3 is 4.57 Å². The van der Waals surface area contributed by atoms with Crippen LogP contribution in [0.15, 0.2) is 77.0 Å². The fourth-order valence-corrected chi connectivity index (χ4v) is 3.82. The average molecular weight is 436 g/mol. The van der Waals surface area contributed by atoms with Crippen molar-refractivity contribution in [3.63, 3.8) is 0 Å². The van der Waals surface area contributed by atoms with Crippen molar-refractivity contribution in [2.75, 3.05) is 5.75 Å². The molecule has 0 fully saturated rings. The highest BCUT2D eigenvalue weighted by Gasteiger charge is 2.12. The van der Waals surface area contributed by atoms with E-state index in [1.807, 2.05) is 66.2 Å². The molecule has 0 radical (unpaired) electrons. The molecule has 1 N–H and O–H groups in total. The molecule has 30 heavy (non-hydrogen) atoms. The first-order valence-corrected chi connectivity index (χ1v) is 10.6. The Kier molecular flexibility index (Phi) is 6.11. The molecule has 6 nitrogen and oxygen atoms in total. The third-order valence-electron chi connectivity index (χ3n) is 4.49. The van der Waals surface area contributed by atoms with Crippen LogP contribution in [0.3, 0.4) is 0 Å². The van der Waals surface area contributed by atoms with E-state index in [1.165, 1.54) is 11.8 Å². The molecular weight excluding hydrogens is 418 g/mol. The van der Waals surface area contributed by atoms with Crippen LogP contribution in [0.1, 0.15) is 5.56 Å². The Hall–Kier alpha value is -3.16. The fourth-order valence-electron chi connectivity index (χ4n) is 2.99. The van der Waals surface area contributed by atoms with E-state index in [1.54, 1.807) is 18.3 Å². The number of rotatable bonds is 6. The van der Waals surface area contributed by atoms with Crippen molar-refractivity contribution in [1.82, 2.24) is 20.2 Å². The van der Waals surface area contributed by atoms with Gasteiger partial charge in [-0.15, -0.1) is 10.2 Å². The number of amides is 1. The normalized spacial score (nSPS) is 11.3. The summed E-state index contributed by atoms with van der Waals surface area (Å²) in [7, 11) is 1.86. The largest absolute Gasteiger partial charge is 0.305 e. The SMILES string of the molecule is Cn1c(SCC(=O)NN=Cc2cccc3ccccc23)nnc1-c1ccc(Cl)cc1. The maximum atomic E-state index is 12.2. The van der Waals surface area contributed by atoms with E-state index in [0.29, 0.717) is 16.0 Å². The van der Waals surface area contributed by atoms with E-state index < -0.39 is 0 Å². The molecule has 0 saturated heterocycles. The summed E-state index contributed by atoms with van der Waals surface area (Å²) in [6, 6.07) is 21.4. The maximum absolute atomic E-state index is 12.2. The summed E-state index contributed by atoms with van der Waals surface area (Å²) in [4.78, 5) is 12.2. The summed E-state index contributed by atoms with van der Waals surface area (Å²) < 4.78 is 1.85. The summed E-state index contributed by atoms with van der Waals surface area (Å²) in [6.45, 7) is 0. The van der Waals surface area contributed by atoms with Gasteiger partial charge in [-0.25, -0.2) is 5.43 Å². The molecule has 0 spiro atoms. The van der Waals surface area contributed by atoms with E-state index in [4.69, 9.17) is 11.6 Å². The van der Waals surface area contributed by atoms with Crippen molar-refractivity contribution in [3.8, 4) is 11.4 Å². The Morgan fingerprint density at radius 3 is 2.70 bits per heavy atom. The molecule has 1 amide bonds. The molecule has 0 atom stereocenters. The van der Waals surface area contributed by atoms with Gasteiger partial charge in [0.1, 0.15) is 0 Å². The lowest BCUT2D eigenvalue weighted by molar-refractivity contribution is -0.118.